The number of aromatic amines is 1. The molecule has 1 aliphatic rings. The van der Waals surface area contributed by atoms with Crippen LogP contribution in [0.4, 0.5) is 5.95 Å². The number of H-pyrrole nitrogens is 1. The molecule has 1 saturated heterocycles. The maximum atomic E-state index is 11.8. The molecular formula is C10H16N5Na4O13P3. The molecule has 5 atom stereocenters. The summed E-state index contributed by atoms with van der Waals surface area (Å²) in [6.07, 6.45) is -2.36. The normalized spacial score (nSPS) is 23.1. The minimum atomic E-state index is -5.67. The van der Waals surface area contributed by atoms with Gasteiger partial charge >= 0.3 is 23.5 Å². The van der Waals surface area contributed by atoms with Crippen molar-refractivity contribution in [2.45, 2.75) is 24.9 Å². The summed E-state index contributed by atoms with van der Waals surface area (Å²) < 4.78 is 52.1. The van der Waals surface area contributed by atoms with Crippen molar-refractivity contribution in [2.75, 3.05) is 12.3 Å². The van der Waals surface area contributed by atoms with E-state index in [1.807, 2.05) is 0 Å². The number of aliphatic hydroxyl groups is 1. The van der Waals surface area contributed by atoms with Crippen LogP contribution >= 0.6 is 23.5 Å². The van der Waals surface area contributed by atoms with Gasteiger partial charge in [-0.25, -0.2) is 18.7 Å². The van der Waals surface area contributed by atoms with Gasteiger partial charge in [-0.05, 0) is 0 Å². The number of imidazole rings is 1. The van der Waals surface area contributed by atoms with Crippen molar-refractivity contribution in [2.24, 2.45) is 0 Å². The second-order valence-corrected chi connectivity index (χ2v) is 10.5. The Morgan fingerprint density at radius 3 is 2.29 bits per heavy atom. The number of nitrogens with zero attached hydrogens (tertiary/aromatic N) is 3. The Hall–Kier alpha value is 2.48. The van der Waals surface area contributed by atoms with Crippen molar-refractivity contribution < 1.29 is 56.3 Å². The zero-order chi connectivity index (χ0) is 23.2. The third kappa shape index (κ3) is 11.5. The summed E-state index contributed by atoms with van der Waals surface area (Å²) in [4.78, 5) is 57.5. The molecule has 35 heavy (non-hydrogen) atoms. The van der Waals surface area contributed by atoms with Crippen LogP contribution in [0.15, 0.2) is 11.1 Å². The summed E-state index contributed by atoms with van der Waals surface area (Å²) in [5.74, 6) is -0.193. The van der Waals surface area contributed by atoms with E-state index >= 15 is 0 Å². The van der Waals surface area contributed by atoms with Crippen molar-refractivity contribution in [3.63, 3.8) is 0 Å². The number of ether oxygens (including phenoxy) is 1. The van der Waals surface area contributed by atoms with E-state index in [1.165, 1.54) is 10.9 Å². The van der Waals surface area contributed by atoms with Crippen LogP contribution in [0.2, 0.25) is 0 Å². The van der Waals surface area contributed by atoms with Crippen LogP contribution in [0, 0.1) is 0 Å². The predicted octanol–water partition coefficient (Wildman–Crippen LogP) is -2.83. The number of anilines is 1. The van der Waals surface area contributed by atoms with E-state index in [9.17, 15) is 28.5 Å². The first-order valence-electron chi connectivity index (χ1n) is 8.00. The van der Waals surface area contributed by atoms with Gasteiger partial charge in [0.25, 0.3) is 5.56 Å². The molecule has 0 aromatic carbocycles. The molecule has 178 valence electrons. The van der Waals surface area contributed by atoms with Crippen LogP contribution < -0.4 is 11.3 Å². The molecule has 2 aromatic rings. The Morgan fingerprint density at radius 1 is 1.11 bits per heavy atom. The van der Waals surface area contributed by atoms with E-state index in [0.717, 1.165) is 0 Å². The fraction of sp³-hybridized carbons (Fsp3) is 0.500. The van der Waals surface area contributed by atoms with Gasteiger partial charge in [-0.3, -0.25) is 18.9 Å². The number of hydrogen-bond acceptors (Lipinski definition) is 12. The summed E-state index contributed by atoms with van der Waals surface area (Å²) in [6.45, 7) is -0.843. The van der Waals surface area contributed by atoms with Crippen molar-refractivity contribution in [1.29, 1.82) is 0 Å². The number of aliphatic hydroxyl groups excluding tert-OH is 1. The molecule has 3 rings (SSSR count). The Bertz CT molecular complexity index is 1190. The van der Waals surface area contributed by atoms with Gasteiger partial charge in [0.05, 0.1) is 19.0 Å². The van der Waals surface area contributed by atoms with E-state index in [1.54, 1.807) is 0 Å². The van der Waals surface area contributed by atoms with E-state index < -0.39 is 54.1 Å². The molecule has 2 aromatic heterocycles. The van der Waals surface area contributed by atoms with Crippen molar-refractivity contribution in [3.8, 4) is 0 Å². The predicted molar refractivity (Wildman–Crippen MR) is 120 cm³/mol. The van der Waals surface area contributed by atoms with Gasteiger partial charge in [0.1, 0.15) is 12.3 Å². The largest absolute Gasteiger partial charge is 0.490 e. The van der Waals surface area contributed by atoms with Gasteiger partial charge in [0.2, 0.25) is 5.95 Å². The van der Waals surface area contributed by atoms with Crippen LogP contribution in [0.1, 0.15) is 12.6 Å². The Labute approximate surface area is 284 Å². The van der Waals surface area contributed by atoms with Gasteiger partial charge in [-0.2, -0.15) is 13.6 Å². The first-order valence-corrected chi connectivity index (χ1v) is 12.5. The molecule has 8 N–H and O–H groups in total. The summed E-state index contributed by atoms with van der Waals surface area (Å²) in [5.41, 5.74) is 4.89. The summed E-state index contributed by atoms with van der Waals surface area (Å²) >= 11 is 0. The van der Waals surface area contributed by atoms with Crippen molar-refractivity contribution in [3.05, 3.63) is 16.7 Å². The molecule has 0 saturated carbocycles. The molecule has 3 heterocycles. The summed E-state index contributed by atoms with van der Waals surface area (Å²) in [6, 6.07) is 0. The molecule has 1 aliphatic heterocycles. The van der Waals surface area contributed by atoms with E-state index in [2.05, 4.69) is 28.1 Å². The van der Waals surface area contributed by atoms with Crippen molar-refractivity contribution >= 4 is 159 Å². The first kappa shape index (κ1) is 39.6. The molecule has 0 aliphatic carbocycles. The first-order chi connectivity index (χ1) is 14.2. The molecule has 0 amide bonds. The molecule has 2 unspecified atom stereocenters. The number of nitrogen functional groups attached to an aromatic ring is 1. The number of phosphoric acid groups is 3. The zero-order valence-electron chi connectivity index (χ0n) is 19.0. The third-order valence-electron chi connectivity index (χ3n) is 3.78. The molecule has 1 fully saturated rings. The molecule has 0 spiro atoms. The van der Waals surface area contributed by atoms with Gasteiger partial charge < -0.3 is 35.2 Å². The average Bonchev–Trinajstić information content (AvgIpc) is 3.13. The quantitative estimate of drug-likeness (QED) is 0.119. The topological polar surface area (TPSA) is 279 Å². The van der Waals surface area contributed by atoms with E-state index in [-0.39, 0.29) is 142 Å². The standard InChI is InChI=1S/C10H16N5O13P3.4Na/c11-10-13-8-7(9(17)14-10)12-3-15(8)6-1-4(16)5(26-6)2-25-30(21,22)28-31(23,24)27-29(18,19)20;;;;/h3-6,16H,1-2H2,(H,21,22)(H,23,24)(H2,18,19,20)(H3,11,13,14,17);;;;/t4-,5+,6+;;;;/m0..../s1. The minimum Gasteiger partial charge on any atom is -0.390 e. The number of phosphoric ester groups is 1. The second-order valence-electron chi connectivity index (χ2n) is 6.09. The number of rotatable bonds is 8. The molecule has 4 radical (unpaired) electrons. The Balaban J connectivity index is 0. The van der Waals surface area contributed by atoms with Gasteiger partial charge in [0.15, 0.2) is 11.2 Å². The fourth-order valence-electron chi connectivity index (χ4n) is 2.66. The third-order valence-corrected chi connectivity index (χ3v) is 7.59. The van der Waals surface area contributed by atoms with Gasteiger partial charge in [-0.1, -0.05) is 0 Å². The Morgan fingerprint density at radius 2 is 1.71 bits per heavy atom. The monoisotopic (exact) mass is 599 g/mol. The molecule has 18 nitrogen and oxygen atoms in total. The molecule has 0 bridgehead atoms. The van der Waals surface area contributed by atoms with Crippen LogP contribution in [0.5, 0.6) is 0 Å². The number of nitrogens with one attached hydrogen (secondary N) is 1. The summed E-state index contributed by atoms with van der Waals surface area (Å²) in [5, 5.41) is 10.1. The molecule has 25 heteroatoms. The minimum absolute atomic E-state index is 0. The van der Waals surface area contributed by atoms with Crippen LogP contribution in [0.3, 0.4) is 0 Å². The van der Waals surface area contributed by atoms with Gasteiger partial charge in [0, 0.05) is 125 Å². The molecular weight excluding hydrogens is 583 g/mol. The van der Waals surface area contributed by atoms with Crippen LogP contribution in [-0.4, -0.2) is 181 Å². The summed E-state index contributed by atoms with van der Waals surface area (Å²) in [7, 11) is -16.6. The maximum absolute atomic E-state index is 11.8. The number of nitrogens with two attached hydrogens (primary N) is 1. The van der Waals surface area contributed by atoms with E-state index in [0.29, 0.717) is 0 Å². The van der Waals surface area contributed by atoms with Gasteiger partial charge in [-0.15, -0.1) is 0 Å². The van der Waals surface area contributed by atoms with Crippen LogP contribution in [-0.2, 0) is 31.6 Å². The average molecular weight is 599 g/mol. The second kappa shape index (κ2) is 15.5. The Kier molecular flexibility index (Phi) is 17.5. The van der Waals surface area contributed by atoms with Crippen molar-refractivity contribution in [1.82, 2.24) is 19.5 Å². The number of aromatic nitrogens is 4. The van der Waals surface area contributed by atoms with Crippen LogP contribution in [0.25, 0.3) is 11.2 Å². The zero-order valence-corrected chi connectivity index (χ0v) is 29.7. The van der Waals surface area contributed by atoms with E-state index in [4.69, 9.17) is 25.2 Å². The number of hydrogen-bond donors (Lipinski definition) is 7. The SMILES string of the molecule is Nc1nc2c(ncn2[C@H]2C[C@H](O)[C@@H](COP(=O)(O)OP(=O)(O)OP(=O)(O)O)O2)c(=O)[nH]1.[Na].[Na].[Na].[Na]. The number of fused-ring (bicyclic) bond motifs is 1. The fourth-order valence-corrected chi connectivity index (χ4v) is 5.69. The maximum Gasteiger partial charge on any atom is 0.490 e. The smallest absolute Gasteiger partial charge is 0.390 e.